The molecule has 0 saturated heterocycles. The maximum Gasteiger partial charge on any atom is 0.271 e. The van der Waals surface area contributed by atoms with Gasteiger partial charge in [-0.25, -0.2) is 4.98 Å². The first-order valence-electron chi connectivity index (χ1n) is 9.36. The average Bonchev–Trinajstić information content (AvgIpc) is 3.14. The molecule has 0 unspecified atom stereocenters. The summed E-state index contributed by atoms with van der Waals surface area (Å²) in [6.45, 7) is 0. The van der Waals surface area contributed by atoms with E-state index in [1.54, 1.807) is 29.9 Å². The minimum Gasteiger partial charge on any atom is -0.493 e. The van der Waals surface area contributed by atoms with Gasteiger partial charge in [0.25, 0.3) is 5.56 Å². The summed E-state index contributed by atoms with van der Waals surface area (Å²) in [5.41, 5.74) is 1.57. The molecule has 32 heavy (non-hydrogen) atoms. The first kappa shape index (κ1) is 22.1. The van der Waals surface area contributed by atoms with Gasteiger partial charge in [0, 0.05) is 17.4 Å². The number of anilines is 1. The SMILES string of the molecule is COc1ccc(NC(=O)CSc2nc3c(sc(=S)n3-c3ccccc3)c(=O)[nH]2)cc1OC. The topological polar surface area (TPSA) is 98.2 Å². The van der Waals surface area contributed by atoms with Crippen LogP contribution in [0.5, 0.6) is 11.5 Å². The van der Waals surface area contributed by atoms with Gasteiger partial charge in [-0.3, -0.25) is 14.2 Å². The second-order valence-electron chi connectivity index (χ2n) is 6.47. The molecule has 0 saturated carbocycles. The number of rotatable bonds is 7. The van der Waals surface area contributed by atoms with Crippen molar-refractivity contribution >= 4 is 57.3 Å². The van der Waals surface area contributed by atoms with E-state index in [0.29, 0.717) is 36.6 Å². The number of thioether (sulfide) groups is 1. The molecule has 0 radical (unpaired) electrons. The first-order chi connectivity index (χ1) is 15.5. The molecule has 0 bridgehead atoms. The fourth-order valence-electron chi connectivity index (χ4n) is 3.01. The number of para-hydroxylation sites is 1. The Morgan fingerprint density at radius 1 is 1.19 bits per heavy atom. The van der Waals surface area contributed by atoms with Crippen molar-refractivity contribution in [2.75, 3.05) is 25.3 Å². The van der Waals surface area contributed by atoms with E-state index in [1.807, 2.05) is 30.3 Å². The molecule has 0 aliphatic rings. The lowest BCUT2D eigenvalue weighted by Crippen LogP contribution is -2.15. The Kier molecular flexibility index (Phi) is 6.58. The highest BCUT2D eigenvalue weighted by Crippen LogP contribution is 2.30. The quantitative estimate of drug-likeness (QED) is 0.229. The van der Waals surface area contributed by atoms with E-state index in [4.69, 9.17) is 21.7 Å². The third-order valence-corrected chi connectivity index (χ3v) is 6.68. The van der Waals surface area contributed by atoms with Crippen molar-refractivity contribution in [2.45, 2.75) is 5.16 Å². The highest BCUT2D eigenvalue weighted by molar-refractivity contribution is 7.99. The first-order valence-corrected chi connectivity index (χ1v) is 11.6. The van der Waals surface area contributed by atoms with E-state index in [1.165, 1.54) is 18.4 Å². The number of fused-ring (bicyclic) bond motifs is 1. The Bertz CT molecular complexity index is 1400. The highest BCUT2D eigenvalue weighted by Gasteiger charge is 2.15. The summed E-state index contributed by atoms with van der Waals surface area (Å²) in [5.74, 6) is 0.879. The van der Waals surface area contributed by atoms with Crippen LogP contribution in [0.25, 0.3) is 16.0 Å². The predicted molar refractivity (Wildman–Crippen MR) is 129 cm³/mol. The van der Waals surface area contributed by atoms with Gasteiger partial charge in [-0.05, 0) is 36.5 Å². The molecule has 1 amide bonds. The molecule has 0 aliphatic heterocycles. The van der Waals surface area contributed by atoms with Crippen LogP contribution in [-0.4, -0.2) is 40.4 Å². The Morgan fingerprint density at radius 3 is 2.66 bits per heavy atom. The number of aromatic nitrogens is 3. The molecule has 4 rings (SSSR count). The number of carbonyl (C=O) groups excluding carboxylic acids is 1. The number of hydrogen-bond acceptors (Lipinski definition) is 8. The molecule has 2 aromatic carbocycles. The number of ether oxygens (including phenoxy) is 2. The summed E-state index contributed by atoms with van der Waals surface area (Å²) in [5, 5.41) is 3.13. The number of nitrogens with one attached hydrogen (secondary N) is 2. The molecule has 2 aromatic heterocycles. The largest absolute Gasteiger partial charge is 0.493 e. The van der Waals surface area contributed by atoms with Crippen LogP contribution in [0, 0.1) is 3.95 Å². The molecule has 8 nitrogen and oxygen atoms in total. The van der Waals surface area contributed by atoms with Crippen LogP contribution < -0.4 is 20.3 Å². The van der Waals surface area contributed by atoms with E-state index in [9.17, 15) is 9.59 Å². The standard InChI is InChI=1S/C21H18N4O4S3/c1-28-14-9-8-12(10-15(14)29-2)22-16(26)11-31-20-23-18-17(19(27)24-20)32-21(30)25(18)13-6-4-3-5-7-13/h3-10H,11H2,1-2H3,(H,22,26)(H,23,24,27). The van der Waals surface area contributed by atoms with Crippen molar-refractivity contribution in [3.05, 3.63) is 62.8 Å². The normalized spacial score (nSPS) is 10.8. The molecule has 2 N–H and O–H groups in total. The van der Waals surface area contributed by atoms with Crippen molar-refractivity contribution in [3.8, 4) is 17.2 Å². The van der Waals surface area contributed by atoms with E-state index in [2.05, 4.69) is 15.3 Å². The fourth-order valence-corrected chi connectivity index (χ4v) is 4.94. The van der Waals surface area contributed by atoms with Crippen LogP contribution in [0.4, 0.5) is 5.69 Å². The van der Waals surface area contributed by atoms with Crippen molar-refractivity contribution < 1.29 is 14.3 Å². The second kappa shape index (κ2) is 9.55. The van der Waals surface area contributed by atoms with Gasteiger partial charge in [0.2, 0.25) is 5.91 Å². The Hall–Kier alpha value is -3.15. The van der Waals surface area contributed by atoms with Crippen LogP contribution in [-0.2, 0) is 4.79 Å². The van der Waals surface area contributed by atoms with Crippen molar-refractivity contribution in [3.63, 3.8) is 0 Å². The third kappa shape index (κ3) is 4.54. The third-order valence-electron chi connectivity index (χ3n) is 4.44. The average molecular weight is 487 g/mol. The molecule has 0 spiro atoms. The number of thiazole rings is 1. The summed E-state index contributed by atoms with van der Waals surface area (Å²) in [4.78, 5) is 32.3. The molecule has 11 heteroatoms. The molecule has 0 aliphatic carbocycles. The number of amides is 1. The second-order valence-corrected chi connectivity index (χ2v) is 9.08. The van der Waals surface area contributed by atoms with Gasteiger partial charge in [-0.2, -0.15) is 0 Å². The monoisotopic (exact) mass is 486 g/mol. The number of carbonyl (C=O) groups is 1. The molecular formula is C21H18N4O4S3. The maximum absolute atomic E-state index is 12.6. The minimum absolute atomic E-state index is 0.0546. The maximum atomic E-state index is 12.6. The van der Waals surface area contributed by atoms with Gasteiger partial charge in [0.1, 0.15) is 4.70 Å². The molecule has 4 aromatic rings. The summed E-state index contributed by atoms with van der Waals surface area (Å²) < 4.78 is 13.2. The summed E-state index contributed by atoms with van der Waals surface area (Å²) in [7, 11) is 3.07. The zero-order valence-electron chi connectivity index (χ0n) is 17.1. The zero-order valence-corrected chi connectivity index (χ0v) is 19.5. The van der Waals surface area contributed by atoms with Crippen molar-refractivity contribution in [2.24, 2.45) is 0 Å². The van der Waals surface area contributed by atoms with E-state index in [-0.39, 0.29) is 17.2 Å². The number of nitrogens with zero attached hydrogens (tertiary/aromatic N) is 2. The Morgan fingerprint density at radius 2 is 1.94 bits per heavy atom. The lowest BCUT2D eigenvalue weighted by Gasteiger charge is -2.10. The van der Waals surface area contributed by atoms with Crippen molar-refractivity contribution in [1.82, 2.24) is 14.5 Å². The van der Waals surface area contributed by atoms with Gasteiger partial charge in [-0.1, -0.05) is 41.3 Å². The molecule has 164 valence electrons. The van der Waals surface area contributed by atoms with E-state index in [0.717, 1.165) is 17.4 Å². The lowest BCUT2D eigenvalue weighted by molar-refractivity contribution is -0.113. The number of H-pyrrole nitrogens is 1. The van der Waals surface area contributed by atoms with Crippen LogP contribution in [0.1, 0.15) is 0 Å². The van der Waals surface area contributed by atoms with Gasteiger partial charge < -0.3 is 19.8 Å². The minimum atomic E-state index is -0.288. The van der Waals surface area contributed by atoms with Crippen LogP contribution in [0.15, 0.2) is 58.5 Å². The highest BCUT2D eigenvalue weighted by atomic mass is 32.2. The van der Waals surface area contributed by atoms with Crippen LogP contribution in [0.2, 0.25) is 0 Å². The summed E-state index contributed by atoms with van der Waals surface area (Å²) in [6.07, 6.45) is 0. The number of benzene rings is 2. The van der Waals surface area contributed by atoms with Gasteiger partial charge >= 0.3 is 0 Å². The molecule has 0 fully saturated rings. The number of methoxy groups -OCH3 is 2. The van der Waals surface area contributed by atoms with E-state index >= 15 is 0 Å². The zero-order chi connectivity index (χ0) is 22.7. The fraction of sp³-hybridized carbons (Fsp3) is 0.143. The van der Waals surface area contributed by atoms with E-state index < -0.39 is 0 Å². The lowest BCUT2D eigenvalue weighted by atomic mass is 10.2. The van der Waals surface area contributed by atoms with Gasteiger partial charge in [0.15, 0.2) is 26.3 Å². The Labute approximate surface area is 196 Å². The van der Waals surface area contributed by atoms with Gasteiger partial charge in [-0.15, -0.1) is 0 Å². The van der Waals surface area contributed by atoms with Crippen molar-refractivity contribution in [1.29, 1.82) is 0 Å². The van der Waals surface area contributed by atoms with Crippen LogP contribution in [0.3, 0.4) is 0 Å². The smallest absolute Gasteiger partial charge is 0.271 e. The molecular weight excluding hydrogens is 468 g/mol. The van der Waals surface area contributed by atoms with Crippen LogP contribution >= 0.6 is 35.3 Å². The molecule has 0 atom stereocenters. The predicted octanol–water partition coefficient (Wildman–Crippen LogP) is 4.25. The number of hydrogen-bond donors (Lipinski definition) is 2. The number of aromatic amines is 1. The summed E-state index contributed by atoms with van der Waals surface area (Å²) >= 11 is 7.79. The Balaban J connectivity index is 1.54. The van der Waals surface area contributed by atoms with Gasteiger partial charge in [0.05, 0.1) is 20.0 Å². The molecule has 2 heterocycles. The summed E-state index contributed by atoms with van der Waals surface area (Å²) in [6, 6.07) is 14.6.